The van der Waals surface area contributed by atoms with Crippen molar-refractivity contribution in [3.8, 4) is 0 Å². The van der Waals surface area contributed by atoms with Gasteiger partial charge in [-0.2, -0.15) is 0 Å². The summed E-state index contributed by atoms with van der Waals surface area (Å²) in [5, 5.41) is 24.8. The number of rotatable bonds is 6. The van der Waals surface area contributed by atoms with Gasteiger partial charge in [0.25, 0.3) is 0 Å². The van der Waals surface area contributed by atoms with Gasteiger partial charge in [-0.25, -0.2) is 15.0 Å². The molecule has 2 fully saturated rings. The molecule has 0 radical (unpaired) electrons. The number of aliphatic hydroxyl groups excluding tert-OH is 2. The number of nitrogens with zero attached hydrogens (tertiary/aromatic N) is 4. The number of anilines is 1. The van der Waals surface area contributed by atoms with E-state index in [4.69, 9.17) is 4.74 Å². The molecule has 1 saturated carbocycles. The van der Waals surface area contributed by atoms with Crippen molar-refractivity contribution < 1.29 is 14.9 Å². The molecule has 164 valence electrons. The second-order valence-corrected chi connectivity index (χ2v) is 8.68. The summed E-state index contributed by atoms with van der Waals surface area (Å²) in [6.45, 7) is 2.08. The topological polar surface area (TPSA) is 105 Å². The zero-order valence-corrected chi connectivity index (χ0v) is 17.7. The van der Waals surface area contributed by atoms with Gasteiger partial charge in [-0.3, -0.25) is 4.57 Å². The molecule has 3 aromatic rings. The van der Waals surface area contributed by atoms with E-state index in [0.29, 0.717) is 29.4 Å². The molecule has 1 aromatic carbocycles. The summed E-state index contributed by atoms with van der Waals surface area (Å²) < 4.78 is 7.82. The van der Waals surface area contributed by atoms with E-state index in [0.717, 1.165) is 19.3 Å². The minimum absolute atomic E-state index is 0.407. The molecule has 2 aromatic heterocycles. The Morgan fingerprint density at radius 2 is 1.90 bits per heavy atom. The van der Waals surface area contributed by atoms with Crippen molar-refractivity contribution in [3.63, 3.8) is 0 Å². The van der Waals surface area contributed by atoms with Gasteiger partial charge in [0.1, 0.15) is 18.5 Å². The third kappa shape index (κ3) is 3.91. The van der Waals surface area contributed by atoms with Gasteiger partial charge in [0, 0.05) is 6.04 Å². The molecule has 4 atom stereocenters. The van der Waals surface area contributed by atoms with Crippen LogP contribution in [0.2, 0.25) is 0 Å². The van der Waals surface area contributed by atoms with E-state index in [1.165, 1.54) is 30.3 Å². The third-order valence-electron chi connectivity index (χ3n) is 6.63. The van der Waals surface area contributed by atoms with E-state index in [-0.39, 0.29) is 0 Å². The molecule has 5 rings (SSSR count). The van der Waals surface area contributed by atoms with Crippen molar-refractivity contribution in [1.29, 1.82) is 0 Å². The molecule has 0 unspecified atom stereocenters. The fraction of sp³-hybridized carbons (Fsp3) is 0.522. The molecule has 1 saturated heterocycles. The molecular weight excluding hydrogens is 394 g/mol. The van der Waals surface area contributed by atoms with Crippen LogP contribution in [-0.2, 0) is 11.2 Å². The molecule has 8 nitrogen and oxygen atoms in total. The molecule has 2 aliphatic rings. The number of hydrogen-bond donors (Lipinski definition) is 3. The molecule has 0 amide bonds. The van der Waals surface area contributed by atoms with Crippen molar-refractivity contribution in [1.82, 2.24) is 19.5 Å². The molecular formula is C23H29N5O3. The quantitative estimate of drug-likeness (QED) is 0.560. The maximum atomic E-state index is 10.7. The zero-order valence-electron chi connectivity index (χ0n) is 17.7. The summed E-state index contributed by atoms with van der Waals surface area (Å²) in [6.07, 6.45) is 6.00. The van der Waals surface area contributed by atoms with Gasteiger partial charge in [0.2, 0.25) is 0 Å². The van der Waals surface area contributed by atoms with Gasteiger partial charge < -0.3 is 20.3 Å². The molecule has 1 aliphatic heterocycles. The summed E-state index contributed by atoms with van der Waals surface area (Å²) in [6, 6.07) is 8.60. The number of aromatic nitrogens is 4. The fourth-order valence-corrected chi connectivity index (χ4v) is 4.79. The Bertz CT molecular complexity index is 1050. The van der Waals surface area contributed by atoms with E-state index in [2.05, 4.69) is 39.3 Å². The highest BCUT2D eigenvalue weighted by atomic mass is 16.6. The monoisotopic (exact) mass is 423 g/mol. The lowest BCUT2D eigenvalue weighted by molar-refractivity contribution is -0.0367. The molecule has 3 heterocycles. The van der Waals surface area contributed by atoms with Crippen LogP contribution < -0.4 is 5.32 Å². The standard InChI is InChI=1S/C23H29N5O3/c1-14-6-2-3-7-15(14)10-11-17-19(29)20(30)23(31-17)28-13-26-18-21(24-12-25-22(18)28)27-16-8-4-5-9-16/h2-3,6-7,12-13,16-17,19-20,23,29-30H,4-5,8-11H2,1H3,(H,24,25,27)/t17-,19-,20-,23-/m1/s1. The SMILES string of the molecule is Cc1ccccc1CC[C@H]1O[C@@H](n2cnc3c(NC4CCCC4)ncnc32)[C@H](O)[C@@H]1O. The second kappa shape index (κ2) is 8.53. The highest BCUT2D eigenvalue weighted by Crippen LogP contribution is 2.34. The minimum atomic E-state index is -1.06. The van der Waals surface area contributed by atoms with Crippen molar-refractivity contribution in [2.75, 3.05) is 5.32 Å². The van der Waals surface area contributed by atoms with E-state index >= 15 is 0 Å². The third-order valence-corrected chi connectivity index (χ3v) is 6.63. The van der Waals surface area contributed by atoms with Crippen molar-refractivity contribution in [2.45, 2.75) is 76.0 Å². The average molecular weight is 424 g/mol. The van der Waals surface area contributed by atoms with E-state index in [9.17, 15) is 10.2 Å². The smallest absolute Gasteiger partial charge is 0.167 e. The number of fused-ring (bicyclic) bond motifs is 1. The zero-order chi connectivity index (χ0) is 21.4. The lowest BCUT2D eigenvalue weighted by Gasteiger charge is -2.17. The van der Waals surface area contributed by atoms with Gasteiger partial charge in [-0.1, -0.05) is 37.1 Å². The Labute approximate surface area is 181 Å². The Balaban J connectivity index is 1.34. The number of hydrogen-bond acceptors (Lipinski definition) is 7. The van der Waals surface area contributed by atoms with E-state index < -0.39 is 24.5 Å². The summed E-state index contributed by atoms with van der Waals surface area (Å²) in [7, 11) is 0. The van der Waals surface area contributed by atoms with Crippen LogP contribution in [-0.4, -0.2) is 54.1 Å². The normalized spacial score (nSPS) is 26.7. The van der Waals surface area contributed by atoms with E-state index in [1.54, 1.807) is 10.9 Å². The van der Waals surface area contributed by atoms with Gasteiger partial charge in [-0.15, -0.1) is 0 Å². The first kappa shape index (κ1) is 20.4. The number of imidazole rings is 1. The molecule has 0 spiro atoms. The Morgan fingerprint density at radius 1 is 1.10 bits per heavy atom. The van der Waals surface area contributed by atoms with Crippen molar-refractivity contribution >= 4 is 17.0 Å². The van der Waals surface area contributed by atoms with Crippen LogP contribution in [0.4, 0.5) is 5.82 Å². The van der Waals surface area contributed by atoms with Crippen LogP contribution in [0.15, 0.2) is 36.9 Å². The van der Waals surface area contributed by atoms with Crippen molar-refractivity contribution in [3.05, 3.63) is 48.0 Å². The van der Waals surface area contributed by atoms with Crippen LogP contribution >= 0.6 is 0 Å². The summed E-state index contributed by atoms with van der Waals surface area (Å²) in [5.41, 5.74) is 3.68. The first-order valence-electron chi connectivity index (χ1n) is 11.1. The second-order valence-electron chi connectivity index (χ2n) is 8.68. The lowest BCUT2D eigenvalue weighted by atomic mass is 9.99. The summed E-state index contributed by atoms with van der Waals surface area (Å²) >= 11 is 0. The summed E-state index contributed by atoms with van der Waals surface area (Å²) in [5.74, 6) is 0.708. The highest BCUT2D eigenvalue weighted by Gasteiger charge is 2.44. The van der Waals surface area contributed by atoms with Gasteiger partial charge in [-0.05, 0) is 43.7 Å². The van der Waals surface area contributed by atoms with Crippen LogP contribution in [0.25, 0.3) is 11.2 Å². The molecule has 8 heteroatoms. The van der Waals surface area contributed by atoms with Crippen LogP contribution in [0, 0.1) is 6.92 Å². The fourth-order valence-electron chi connectivity index (χ4n) is 4.79. The number of nitrogens with one attached hydrogen (secondary N) is 1. The molecule has 0 bridgehead atoms. The number of ether oxygens (including phenoxy) is 1. The van der Waals surface area contributed by atoms with Gasteiger partial charge in [0.05, 0.1) is 12.4 Å². The molecule has 1 aliphatic carbocycles. The maximum Gasteiger partial charge on any atom is 0.167 e. The molecule has 3 N–H and O–H groups in total. The minimum Gasteiger partial charge on any atom is -0.388 e. The van der Waals surface area contributed by atoms with Crippen LogP contribution in [0.3, 0.4) is 0 Å². The lowest BCUT2D eigenvalue weighted by Crippen LogP contribution is -2.31. The number of aliphatic hydroxyl groups is 2. The number of benzene rings is 1. The first-order chi connectivity index (χ1) is 15.1. The van der Waals surface area contributed by atoms with Gasteiger partial charge >= 0.3 is 0 Å². The van der Waals surface area contributed by atoms with Crippen LogP contribution in [0.1, 0.15) is 49.5 Å². The predicted molar refractivity (Wildman–Crippen MR) is 117 cm³/mol. The maximum absolute atomic E-state index is 10.7. The van der Waals surface area contributed by atoms with Crippen LogP contribution in [0.5, 0.6) is 0 Å². The van der Waals surface area contributed by atoms with Gasteiger partial charge in [0.15, 0.2) is 23.2 Å². The Morgan fingerprint density at radius 3 is 2.71 bits per heavy atom. The van der Waals surface area contributed by atoms with Crippen molar-refractivity contribution in [2.24, 2.45) is 0 Å². The first-order valence-corrected chi connectivity index (χ1v) is 11.1. The summed E-state index contributed by atoms with van der Waals surface area (Å²) in [4.78, 5) is 13.3. The number of aryl methyl sites for hydroxylation is 2. The Hall–Kier alpha value is -2.55. The average Bonchev–Trinajstić information content (AvgIpc) is 3.50. The highest BCUT2D eigenvalue weighted by molar-refractivity contribution is 5.82. The largest absolute Gasteiger partial charge is 0.388 e. The predicted octanol–water partition coefficient (Wildman–Crippen LogP) is 2.74. The van der Waals surface area contributed by atoms with E-state index in [1.807, 2.05) is 12.1 Å². The Kier molecular flexibility index (Phi) is 5.60. The molecule has 31 heavy (non-hydrogen) atoms.